The van der Waals surface area contributed by atoms with Crippen LogP contribution in [0.25, 0.3) is 11.2 Å². The van der Waals surface area contributed by atoms with E-state index < -0.39 is 52.8 Å². The van der Waals surface area contributed by atoms with Gasteiger partial charge in [0.15, 0.2) is 23.8 Å². The molecule has 0 bridgehead atoms. The maximum atomic E-state index is 13.0. The van der Waals surface area contributed by atoms with Crippen molar-refractivity contribution in [1.29, 1.82) is 0 Å². The van der Waals surface area contributed by atoms with Crippen LogP contribution in [0, 0.1) is 0 Å². The largest absolute Gasteiger partial charge is 0.481 e. The topological polar surface area (TPSA) is 251 Å². The molecule has 0 saturated carbocycles. The summed E-state index contributed by atoms with van der Waals surface area (Å²) in [6.45, 7) is -0.879. The molecule has 7 N–H and O–H groups in total. The van der Waals surface area contributed by atoms with Crippen LogP contribution in [-0.2, 0) is 27.4 Å². The summed E-state index contributed by atoms with van der Waals surface area (Å²) in [6.07, 6.45) is -3.38. The number of phosphoric ester groups is 1. The lowest BCUT2D eigenvalue weighted by Crippen LogP contribution is -2.37. The quantitative estimate of drug-likeness (QED) is 0.151. The summed E-state index contributed by atoms with van der Waals surface area (Å²) in [5, 5.41) is 13.8. The van der Waals surface area contributed by atoms with Gasteiger partial charge in [-0.3, -0.25) is 9.09 Å². The summed E-state index contributed by atoms with van der Waals surface area (Å²) < 4.78 is 43.8. The van der Waals surface area contributed by atoms with Crippen LogP contribution in [0.15, 0.2) is 36.9 Å². The van der Waals surface area contributed by atoms with Crippen molar-refractivity contribution in [3.63, 3.8) is 0 Å². The average Bonchev–Trinajstić information content (AvgIpc) is 3.38. The lowest BCUT2D eigenvalue weighted by molar-refractivity contribution is -0.0558. The first-order valence-electron chi connectivity index (χ1n) is 10.4. The molecule has 5 unspecified atom stereocenters. The van der Waals surface area contributed by atoms with Gasteiger partial charge in [0.2, 0.25) is 0 Å². The lowest BCUT2D eigenvalue weighted by Gasteiger charge is -2.22. The number of imidazole rings is 1. The van der Waals surface area contributed by atoms with E-state index in [0.717, 1.165) is 6.33 Å². The number of esters is 1. The number of aromatic nitrogens is 4. The molecule has 3 aromatic rings. The molecule has 0 aliphatic carbocycles. The van der Waals surface area contributed by atoms with Gasteiger partial charge in [0.25, 0.3) is 0 Å². The zero-order valence-electron chi connectivity index (χ0n) is 18.9. The van der Waals surface area contributed by atoms with Crippen molar-refractivity contribution in [2.24, 2.45) is 0 Å². The highest BCUT2D eigenvalue weighted by molar-refractivity contribution is 7.60. The Bertz CT molecular complexity index is 1400. The first kappa shape index (κ1) is 27.1. The van der Waals surface area contributed by atoms with Crippen LogP contribution in [0.4, 0.5) is 11.5 Å². The van der Waals surface area contributed by atoms with Gasteiger partial charge in [-0.05, 0) is 12.1 Å². The number of para-hydroxylation sites is 1. The number of carbonyl (C=O) groups excluding carboxylic acids is 1. The standard InChI is InChI=1S/C18H22N6O11P2/c1-20-10-5-3-2-4-9(10)18(26)34-14-13(25)11(6-32-37(30,31)35-36(27,28)29)33-17(14)24-8-23-12-15(19)21-7-22-16(12)24/h2-5,7-8,11,13-14,17,20,25H,6H2,1H3,(H,30,31)(H2,19,21,22)(H2,27,28,29). The lowest BCUT2D eigenvalue weighted by atomic mass is 10.1. The Morgan fingerprint density at radius 3 is 2.65 bits per heavy atom. The molecular formula is C18H22N6O11P2. The normalized spacial score (nSPS) is 23.6. The van der Waals surface area contributed by atoms with Crippen molar-refractivity contribution in [3.05, 3.63) is 42.5 Å². The smallest absolute Gasteiger partial charge is 0.451 e. The van der Waals surface area contributed by atoms with Crippen molar-refractivity contribution in [2.45, 2.75) is 24.5 Å². The van der Waals surface area contributed by atoms with Gasteiger partial charge in [-0.15, -0.1) is 0 Å². The molecule has 37 heavy (non-hydrogen) atoms. The molecule has 4 rings (SSSR count). The Labute approximate surface area is 208 Å². The zero-order chi connectivity index (χ0) is 27.0. The molecule has 19 heteroatoms. The minimum atomic E-state index is -5.38. The Balaban J connectivity index is 1.64. The van der Waals surface area contributed by atoms with Gasteiger partial charge in [0, 0.05) is 12.7 Å². The number of carbonyl (C=O) groups is 1. The first-order chi connectivity index (χ1) is 17.4. The maximum absolute atomic E-state index is 13.0. The van der Waals surface area contributed by atoms with E-state index in [-0.39, 0.29) is 22.5 Å². The van der Waals surface area contributed by atoms with Crippen LogP contribution >= 0.6 is 15.6 Å². The molecule has 1 aliphatic rings. The van der Waals surface area contributed by atoms with Crippen LogP contribution in [-0.4, -0.2) is 77.2 Å². The second kappa shape index (κ2) is 10.4. The molecule has 2 aromatic heterocycles. The highest BCUT2D eigenvalue weighted by atomic mass is 31.3. The summed E-state index contributed by atoms with van der Waals surface area (Å²) >= 11 is 0. The van der Waals surface area contributed by atoms with Crippen LogP contribution in [0.2, 0.25) is 0 Å². The van der Waals surface area contributed by atoms with Gasteiger partial charge in [0.1, 0.15) is 24.1 Å². The highest BCUT2D eigenvalue weighted by Gasteiger charge is 2.49. The molecule has 1 aromatic carbocycles. The van der Waals surface area contributed by atoms with E-state index >= 15 is 0 Å². The predicted octanol–water partition coefficient (Wildman–Crippen LogP) is 0.160. The number of fused-ring (bicyclic) bond motifs is 1. The Morgan fingerprint density at radius 2 is 1.95 bits per heavy atom. The van der Waals surface area contributed by atoms with Gasteiger partial charge in [-0.25, -0.2) is 28.9 Å². The van der Waals surface area contributed by atoms with E-state index in [4.69, 9.17) is 25.0 Å². The summed E-state index contributed by atoms with van der Waals surface area (Å²) in [6, 6.07) is 6.43. The van der Waals surface area contributed by atoms with Crippen LogP contribution in [0.1, 0.15) is 16.6 Å². The van der Waals surface area contributed by atoms with Gasteiger partial charge >= 0.3 is 21.6 Å². The molecule has 5 atom stereocenters. The van der Waals surface area contributed by atoms with E-state index in [1.807, 2.05) is 0 Å². The number of rotatable bonds is 9. The van der Waals surface area contributed by atoms with E-state index in [2.05, 4.69) is 29.1 Å². The second-order valence-corrected chi connectivity index (χ2v) is 10.5. The van der Waals surface area contributed by atoms with Crippen molar-refractivity contribution >= 4 is 44.3 Å². The van der Waals surface area contributed by atoms with Crippen molar-refractivity contribution < 1.29 is 52.0 Å². The SMILES string of the molecule is CNc1ccccc1C(=O)OC1C(O)C(COP(=O)(O)OP(=O)(O)O)OC1n1cnc2c(N)ncnc21. The van der Waals surface area contributed by atoms with Crippen molar-refractivity contribution in [1.82, 2.24) is 19.5 Å². The van der Waals surface area contributed by atoms with Gasteiger partial charge in [0.05, 0.1) is 18.5 Å². The van der Waals surface area contributed by atoms with Crippen molar-refractivity contribution in [3.8, 4) is 0 Å². The average molecular weight is 560 g/mol. The summed E-state index contributed by atoms with van der Waals surface area (Å²) in [7, 11) is -9.02. The third kappa shape index (κ3) is 5.96. The summed E-state index contributed by atoms with van der Waals surface area (Å²) in [4.78, 5) is 52.2. The van der Waals surface area contributed by atoms with Gasteiger partial charge in [-0.1, -0.05) is 12.1 Å². The Morgan fingerprint density at radius 1 is 1.22 bits per heavy atom. The van der Waals surface area contributed by atoms with Crippen LogP contribution < -0.4 is 11.1 Å². The fourth-order valence-corrected chi connectivity index (χ4v) is 5.25. The molecular weight excluding hydrogens is 538 g/mol. The number of phosphoric acid groups is 2. The number of nitrogen functional groups attached to an aromatic ring is 1. The number of nitrogens with two attached hydrogens (primary N) is 1. The second-order valence-electron chi connectivity index (χ2n) is 7.64. The number of aliphatic hydroxyl groups excluding tert-OH is 1. The van der Waals surface area contributed by atoms with Crippen molar-refractivity contribution in [2.75, 3.05) is 24.7 Å². The predicted molar refractivity (Wildman–Crippen MR) is 124 cm³/mol. The molecule has 1 saturated heterocycles. The minimum Gasteiger partial charge on any atom is -0.451 e. The molecule has 0 spiro atoms. The Hall–Kier alpha value is -2.98. The van der Waals surface area contributed by atoms with E-state index in [1.54, 1.807) is 25.2 Å². The van der Waals surface area contributed by atoms with Crippen LogP contribution in [0.5, 0.6) is 0 Å². The minimum absolute atomic E-state index is 0.0504. The number of aliphatic hydroxyl groups is 1. The number of nitrogens with zero attached hydrogens (tertiary/aromatic N) is 4. The molecule has 0 radical (unpaired) electrons. The molecule has 1 aliphatic heterocycles. The zero-order valence-corrected chi connectivity index (χ0v) is 20.7. The molecule has 17 nitrogen and oxygen atoms in total. The summed E-state index contributed by atoms with van der Waals surface area (Å²) in [5.41, 5.74) is 6.78. The monoisotopic (exact) mass is 560 g/mol. The van der Waals surface area contributed by atoms with E-state index in [1.165, 1.54) is 17.0 Å². The van der Waals surface area contributed by atoms with Gasteiger partial charge in [-0.2, -0.15) is 4.31 Å². The van der Waals surface area contributed by atoms with Crippen LogP contribution in [0.3, 0.4) is 0 Å². The number of nitrogens with one attached hydrogen (secondary N) is 1. The van der Waals surface area contributed by atoms with E-state index in [0.29, 0.717) is 5.69 Å². The highest BCUT2D eigenvalue weighted by Crippen LogP contribution is 2.57. The third-order valence-electron chi connectivity index (χ3n) is 5.24. The molecule has 0 amide bonds. The fourth-order valence-electron chi connectivity index (χ4n) is 3.66. The number of ether oxygens (including phenoxy) is 2. The number of benzene rings is 1. The third-order valence-corrected chi connectivity index (χ3v) is 7.40. The summed E-state index contributed by atoms with van der Waals surface area (Å²) in [5.74, 6) is -0.783. The molecule has 200 valence electrons. The van der Waals surface area contributed by atoms with Gasteiger partial charge < -0.3 is 40.3 Å². The number of hydrogen-bond acceptors (Lipinski definition) is 13. The maximum Gasteiger partial charge on any atom is 0.481 e. The van der Waals surface area contributed by atoms with E-state index in [9.17, 15) is 23.9 Å². The number of anilines is 2. The molecule has 3 heterocycles. The number of hydrogen-bond donors (Lipinski definition) is 6. The Kier molecular flexibility index (Phi) is 7.62. The molecule has 1 fully saturated rings. The first-order valence-corrected chi connectivity index (χ1v) is 13.4. The fraction of sp³-hybridized carbons (Fsp3) is 0.333.